The van der Waals surface area contributed by atoms with Gasteiger partial charge in [0.15, 0.2) is 0 Å². The van der Waals surface area contributed by atoms with Crippen molar-refractivity contribution in [2.75, 3.05) is 0 Å². The third-order valence-electron chi connectivity index (χ3n) is 2.14. The maximum Gasteiger partial charge on any atom is 0.134 e. The summed E-state index contributed by atoms with van der Waals surface area (Å²) >= 11 is 3.43. The monoisotopic (exact) mass is 224 g/mol. The van der Waals surface area contributed by atoms with Gasteiger partial charge in [-0.25, -0.2) is 0 Å². The molecule has 0 unspecified atom stereocenters. The maximum atomic E-state index is 5.53. The van der Waals surface area contributed by atoms with Gasteiger partial charge in [-0.15, -0.1) is 0 Å². The molecule has 12 heavy (non-hydrogen) atoms. The van der Waals surface area contributed by atoms with E-state index in [0.29, 0.717) is 0 Å². The minimum atomic E-state index is 0.966. The molecule has 0 saturated heterocycles. The predicted octanol–water partition coefficient (Wildman–Crippen LogP) is 3.81. The lowest BCUT2D eigenvalue weighted by Crippen LogP contribution is -1.70. The van der Waals surface area contributed by atoms with Gasteiger partial charge in [-0.05, 0) is 37.6 Å². The largest absolute Gasteiger partial charge is 0.461 e. The third-order valence-corrected chi connectivity index (χ3v) is 2.63. The van der Waals surface area contributed by atoms with Crippen molar-refractivity contribution in [1.29, 1.82) is 0 Å². The molecule has 0 radical (unpaired) electrons. The molecule has 1 aromatic carbocycles. The molecule has 1 heterocycles. The van der Waals surface area contributed by atoms with E-state index in [1.807, 2.05) is 19.1 Å². The Kier molecular flexibility index (Phi) is 1.72. The van der Waals surface area contributed by atoms with E-state index in [1.165, 1.54) is 10.9 Å². The Labute approximate surface area is 79.5 Å². The van der Waals surface area contributed by atoms with Crippen molar-refractivity contribution in [3.63, 3.8) is 0 Å². The van der Waals surface area contributed by atoms with E-state index in [2.05, 4.69) is 28.9 Å². The minimum absolute atomic E-state index is 0.966. The second-order valence-corrected chi connectivity index (χ2v) is 3.84. The van der Waals surface area contributed by atoms with Crippen molar-refractivity contribution in [1.82, 2.24) is 0 Å². The maximum absolute atomic E-state index is 5.53. The average Bonchev–Trinajstić information content (AvgIpc) is 2.31. The first kappa shape index (κ1) is 7.87. The lowest BCUT2D eigenvalue weighted by Gasteiger charge is -1.90. The summed E-state index contributed by atoms with van der Waals surface area (Å²) in [7, 11) is 0. The molecule has 0 saturated carbocycles. The van der Waals surface area contributed by atoms with Gasteiger partial charge >= 0.3 is 0 Å². The number of fused-ring (bicyclic) bond motifs is 1. The number of rotatable bonds is 0. The normalized spacial score (nSPS) is 10.9. The van der Waals surface area contributed by atoms with Gasteiger partial charge in [-0.2, -0.15) is 0 Å². The summed E-state index contributed by atoms with van der Waals surface area (Å²) in [5.74, 6) is 1.00. The second-order valence-electron chi connectivity index (χ2n) is 2.92. The summed E-state index contributed by atoms with van der Waals surface area (Å²) in [6.45, 7) is 4.07. The Bertz CT molecular complexity index is 429. The highest BCUT2D eigenvalue weighted by Gasteiger charge is 2.05. The van der Waals surface area contributed by atoms with E-state index < -0.39 is 0 Å². The average molecular weight is 225 g/mol. The highest BCUT2D eigenvalue weighted by molar-refractivity contribution is 9.10. The first-order chi connectivity index (χ1) is 5.68. The molecule has 0 bridgehead atoms. The molecule has 0 amide bonds. The molecule has 62 valence electrons. The van der Waals surface area contributed by atoms with Crippen LogP contribution in [0.25, 0.3) is 11.0 Å². The smallest absolute Gasteiger partial charge is 0.134 e. The zero-order valence-corrected chi connectivity index (χ0v) is 8.60. The topological polar surface area (TPSA) is 13.1 Å². The molecular formula is C10H9BrO. The van der Waals surface area contributed by atoms with E-state index in [1.54, 1.807) is 0 Å². The molecule has 0 spiro atoms. The second kappa shape index (κ2) is 2.63. The number of benzene rings is 1. The summed E-state index contributed by atoms with van der Waals surface area (Å²) in [6.07, 6.45) is 0. The van der Waals surface area contributed by atoms with Crippen LogP contribution in [0.15, 0.2) is 27.1 Å². The van der Waals surface area contributed by atoms with Crippen LogP contribution in [0.3, 0.4) is 0 Å². The van der Waals surface area contributed by atoms with Gasteiger partial charge in [0.05, 0.1) is 0 Å². The zero-order valence-electron chi connectivity index (χ0n) is 7.02. The Morgan fingerprint density at radius 3 is 2.75 bits per heavy atom. The Morgan fingerprint density at radius 1 is 1.25 bits per heavy atom. The third kappa shape index (κ3) is 1.07. The van der Waals surface area contributed by atoms with Crippen molar-refractivity contribution in [2.45, 2.75) is 13.8 Å². The lowest BCUT2D eigenvalue weighted by molar-refractivity contribution is 0.575. The highest BCUT2D eigenvalue weighted by Crippen LogP contribution is 2.27. The number of hydrogen-bond donors (Lipinski definition) is 0. The van der Waals surface area contributed by atoms with Gasteiger partial charge < -0.3 is 4.42 Å². The van der Waals surface area contributed by atoms with Crippen LogP contribution in [0.5, 0.6) is 0 Å². The van der Waals surface area contributed by atoms with Gasteiger partial charge in [-0.3, -0.25) is 0 Å². The first-order valence-corrected chi connectivity index (χ1v) is 4.63. The summed E-state index contributed by atoms with van der Waals surface area (Å²) in [5, 5.41) is 1.20. The minimum Gasteiger partial charge on any atom is -0.461 e. The SMILES string of the molecule is Cc1oc2ccc(Br)cc2c1C. The highest BCUT2D eigenvalue weighted by atomic mass is 79.9. The molecule has 2 rings (SSSR count). The molecule has 0 aliphatic carbocycles. The van der Waals surface area contributed by atoms with E-state index in [4.69, 9.17) is 4.42 Å². The van der Waals surface area contributed by atoms with Crippen LogP contribution in [0.2, 0.25) is 0 Å². The molecule has 0 aliphatic rings. The molecule has 0 aliphatic heterocycles. The number of furan rings is 1. The van der Waals surface area contributed by atoms with Crippen molar-refractivity contribution < 1.29 is 4.42 Å². The van der Waals surface area contributed by atoms with Gasteiger partial charge in [0, 0.05) is 9.86 Å². The summed E-state index contributed by atoms with van der Waals surface area (Å²) in [6, 6.07) is 6.06. The van der Waals surface area contributed by atoms with Crippen LogP contribution >= 0.6 is 15.9 Å². The Balaban J connectivity index is 2.88. The fourth-order valence-corrected chi connectivity index (χ4v) is 1.68. The fourth-order valence-electron chi connectivity index (χ4n) is 1.32. The molecule has 1 aromatic heterocycles. The van der Waals surface area contributed by atoms with Crippen molar-refractivity contribution >= 4 is 26.9 Å². The molecule has 2 aromatic rings. The van der Waals surface area contributed by atoms with Crippen LogP contribution in [-0.4, -0.2) is 0 Å². The van der Waals surface area contributed by atoms with Crippen LogP contribution < -0.4 is 0 Å². The number of hydrogen-bond acceptors (Lipinski definition) is 1. The first-order valence-electron chi connectivity index (χ1n) is 3.84. The molecule has 0 atom stereocenters. The summed E-state index contributed by atoms with van der Waals surface area (Å²) < 4.78 is 6.63. The standard InChI is InChI=1S/C10H9BrO/c1-6-7(2)12-10-4-3-8(11)5-9(6)10/h3-5H,1-2H3. The van der Waals surface area contributed by atoms with E-state index in [-0.39, 0.29) is 0 Å². The van der Waals surface area contributed by atoms with Crippen LogP contribution in [0.4, 0.5) is 0 Å². The van der Waals surface area contributed by atoms with Crippen LogP contribution in [0, 0.1) is 13.8 Å². The van der Waals surface area contributed by atoms with Gasteiger partial charge in [-0.1, -0.05) is 15.9 Å². The quantitative estimate of drug-likeness (QED) is 0.664. The molecule has 0 fully saturated rings. The summed E-state index contributed by atoms with van der Waals surface area (Å²) in [5.41, 5.74) is 2.19. The molecular weight excluding hydrogens is 216 g/mol. The van der Waals surface area contributed by atoms with E-state index >= 15 is 0 Å². The summed E-state index contributed by atoms with van der Waals surface area (Å²) in [4.78, 5) is 0. The van der Waals surface area contributed by atoms with E-state index in [9.17, 15) is 0 Å². The molecule has 2 heteroatoms. The van der Waals surface area contributed by atoms with Gasteiger partial charge in [0.25, 0.3) is 0 Å². The van der Waals surface area contributed by atoms with Crippen molar-refractivity contribution in [3.8, 4) is 0 Å². The molecule has 0 N–H and O–H groups in total. The van der Waals surface area contributed by atoms with Crippen LogP contribution in [-0.2, 0) is 0 Å². The van der Waals surface area contributed by atoms with Gasteiger partial charge in [0.1, 0.15) is 11.3 Å². The number of aryl methyl sites for hydroxylation is 2. The molecule has 1 nitrogen and oxygen atoms in total. The fraction of sp³-hybridized carbons (Fsp3) is 0.200. The van der Waals surface area contributed by atoms with E-state index in [0.717, 1.165) is 15.8 Å². The predicted molar refractivity (Wildman–Crippen MR) is 53.4 cm³/mol. The van der Waals surface area contributed by atoms with Crippen molar-refractivity contribution in [3.05, 3.63) is 34.0 Å². The van der Waals surface area contributed by atoms with Crippen LogP contribution in [0.1, 0.15) is 11.3 Å². The number of halogens is 1. The Hall–Kier alpha value is -0.760. The lowest BCUT2D eigenvalue weighted by atomic mass is 10.2. The van der Waals surface area contributed by atoms with Crippen molar-refractivity contribution in [2.24, 2.45) is 0 Å². The zero-order chi connectivity index (χ0) is 8.72. The van der Waals surface area contributed by atoms with Gasteiger partial charge in [0.2, 0.25) is 0 Å². The Morgan fingerprint density at radius 2 is 2.00 bits per heavy atom.